The zero-order chi connectivity index (χ0) is 22.0. The number of nitrogens with zero attached hydrogens (tertiary/aromatic N) is 3. The van der Waals surface area contributed by atoms with Crippen molar-refractivity contribution in [3.63, 3.8) is 0 Å². The topological polar surface area (TPSA) is 87.8 Å². The number of anilines is 4. The number of nitrogens with one attached hydrogen (secondary N) is 3. The highest BCUT2D eigenvalue weighted by molar-refractivity contribution is 7.99. The van der Waals surface area contributed by atoms with Gasteiger partial charge >= 0.3 is 0 Å². The van der Waals surface area contributed by atoms with Crippen molar-refractivity contribution < 1.29 is 4.74 Å². The van der Waals surface area contributed by atoms with Crippen LogP contribution in [-0.2, 0) is 6.42 Å². The van der Waals surface area contributed by atoms with Gasteiger partial charge < -0.3 is 15.4 Å². The number of benzene rings is 3. The molecule has 0 saturated heterocycles. The third-order valence-electron chi connectivity index (χ3n) is 5.29. The number of thioether (sulfide) groups is 1. The summed E-state index contributed by atoms with van der Waals surface area (Å²) < 4.78 is 5.96. The molecule has 0 aliphatic carbocycles. The van der Waals surface area contributed by atoms with E-state index in [-0.39, 0.29) is 0 Å². The van der Waals surface area contributed by atoms with Crippen molar-refractivity contribution >= 4 is 45.8 Å². The minimum Gasteiger partial charge on any atom is -0.457 e. The van der Waals surface area contributed by atoms with E-state index in [1.807, 2.05) is 72.9 Å². The van der Waals surface area contributed by atoms with Crippen LogP contribution in [0.2, 0.25) is 0 Å². The molecule has 0 radical (unpaired) electrons. The molecule has 0 amide bonds. The van der Waals surface area contributed by atoms with Gasteiger partial charge in [-0.3, -0.25) is 5.10 Å². The SMILES string of the molecule is c1ccc(Oc2cccc(Nc3nc4c(c(Nc5ccc6[nH]ncc6c5)n3)SCC4)c2)cc1. The molecular weight excluding hydrogens is 432 g/mol. The molecule has 3 heterocycles. The summed E-state index contributed by atoms with van der Waals surface area (Å²) in [6.07, 6.45) is 2.74. The molecule has 0 spiro atoms. The number of ether oxygens (including phenoxy) is 1. The monoisotopic (exact) mass is 452 g/mol. The molecule has 0 fully saturated rings. The number of para-hydroxylation sites is 1. The quantitative estimate of drug-likeness (QED) is 0.279. The first-order valence-electron chi connectivity index (χ1n) is 10.6. The third kappa shape index (κ3) is 4.20. The van der Waals surface area contributed by atoms with Crippen LogP contribution in [0.4, 0.5) is 23.1 Å². The number of hydrogen-bond acceptors (Lipinski definition) is 7. The Labute approximate surface area is 194 Å². The Balaban J connectivity index is 1.27. The molecule has 33 heavy (non-hydrogen) atoms. The smallest absolute Gasteiger partial charge is 0.229 e. The molecule has 5 aromatic rings. The van der Waals surface area contributed by atoms with E-state index in [0.29, 0.717) is 5.95 Å². The van der Waals surface area contributed by atoms with Crippen molar-refractivity contribution in [1.82, 2.24) is 20.2 Å². The number of fused-ring (bicyclic) bond motifs is 2. The van der Waals surface area contributed by atoms with Gasteiger partial charge in [0.15, 0.2) is 0 Å². The van der Waals surface area contributed by atoms with Crippen LogP contribution in [0.5, 0.6) is 11.5 Å². The molecule has 3 N–H and O–H groups in total. The van der Waals surface area contributed by atoms with Gasteiger partial charge in [-0.1, -0.05) is 24.3 Å². The van der Waals surface area contributed by atoms with E-state index in [1.54, 1.807) is 11.8 Å². The van der Waals surface area contributed by atoms with E-state index in [1.165, 1.54) is 0 Å². The highest BCUT2D eigenvalue weighted by atomic mass is 32.2. The summed E-state index contributed by atoms with van der Waals surface area (Å²) in [7, 11) is 0. The summed E-state index contributed by atoms with van der Waals surface area (Å²) in [5, 5.41) is 15.0. The second-order valence-corrected chi connectivity index (χ2v) is 8.74. The standard InChI is InChI=1S/C25H20N6OS/c1-2-6-19(7-3-1)32-20-8-4-5-17(14-20)28-25-29-22-11-12-33-23(22)24(30-25)27-18-9-10-21-16(13-18)15-26-31-21/h1-10,13-15H,11-12H2,(H,26,31)(H2,27,28,29,30). The van der Waals surface area contributed by atoms with Crippen LogP contribution in [0, 0.1) is 0 Å². The van der Waals surface area contributed by atoms with E-state index >= 15 is 0 Å². The average Bonchev–Trinajstić information content (AvgIpc) is 3.49. The zero-order valence-corrected chi connectivity index (χ0v) is 18.4. The zero-order valence-electron chi connectivity index (χ0n) is 17.6. The van der Waals surface area contributed by atoms with Crippen LogP contribution in [0.15, 0.2) is 83.9 Å². The molecule has 2 aromatic heterocycles. The van der Waals surface area contributed by atoms with E-state index < -0.39 is 0 Å². The first kappa shape index (κ1) is 19.6. The number of rotatable bonds is 6. The fourth-order valence-corrected chi connectivity index (χ4v) is 4.80. The molecule has 0 saturated carbocycles. The van der Waals surface area contributed by atoms with Gasteiger partial charge in [-0.25, -0.2) is 4.98 Å². The summed E-state index contributed by atoms with van der Waals surface area (Å²) in [6.45, 7) is 0. The summed E-state index contributed by atoms with van der Waals surface area (Å²) in [5.41, 5.74) is 3.88. The molecule has 0 bridgehead atoms. The van der Waals surface area contributed by atoms with E-state index in [9.17, 15) is 0 Å². The maximum absolute atomic E-state index is 5.96. The van der Waals surface area contributed by atoms with Gasteiger partial charge in [-0.15, -0.1) is 11.8 Å². The Kier molecular flexibility index (Phi) is 5.04. The summed E-state index contributed by atoms with van der Waals surface area (Å²) >= 11 is 1.78. The van der Waals surface area contributed by atoms with Crippen molar-refractivity contribution in [2.75, 3.05) is 16.4 Å². The van der Waals surface area contributed by atoms with Crippen LogP contribution in [0.1, 0.15) is 5.69 Å². The van der Waals surface area contributed by atoms with Crippen LogP contribution in [0.3, 0.4) is 0 Å². The highest BCUT2D eigenvalue weighted by Crippen LogP contribution is 2.38. The number of H-pyrrole nitrogens is 1. The van der Waals surface area contributed by atoms with Crippen LogP contribution < -0.4 is 15.4 Å². The lowest BCUT2D eigenvalue weighted by atomic mass is 10.2. The van der Waals surface area contributed by atoms with Crippen molar-refractivity contribution in [2.24, 2.45) is 0 Å². The molecule has 0 unspecified atom stereocenters. The lowest BCUT2D eigenvalue weighted by molar-refractivity contribution is 0.483. The summed E-state index contributed by atoms with van der Waals surface area (Å²) in [6, 6.07) is 23.6. The first-order chi connectivity index (χ1) is 16.3. The molecule has 1 aliphatic rings. The predicted octanol–water partition coefficient (Wildman–Crippen LogP) is 6.28. The Morgan fingerprint density at radius 2 is 1.73 bits per heavy atom. The second-order valence-electron chi connectivity index (χ2n) is 7.64. The van der Waals surface area contributed by atoms with E-state index in [2.05, 4.69) is 26.9 Å². The third-order valence-corrected chi connectivity index (χ3v) is 6.42. The Hall–Kier alpha value is -4.04. The molecule has 0 atom stereocenters. The van der Waals surface area contributed by atoms with Crippen molar-refractivity contribution in [3.8, 4) is 11.5 Å². The van der Waals surface area contributed by atoms with Gasteiger partial charge in [0.1, 0.15) is 17.3 Å². The Morgan fingerprint density at radius 3 is 2.67 bits per heavy atom. The van der Waals surface area contributed by atoms with E-state index in [4.69, 9.17) is 14.7 Å². The summed E-state index contributed by atoms with van der Waals surface area (Å²) in [5.74, 6) is 3.91. The minimum absolute atomic E-state index is 0.556. The number of hydrogen-bond donors (Lipinski definition) is 3. The summed E-state index contributed by atoms with van der Waals surface area (Å²) in [4.78, 5) is 10.7. The Morgan fingerprint density at radius 1 is 0.848 bits per heavy atom. The van der Waals surface area contributed by atoms with Gasteiger partial charge in [-0.2, -0.15) is 10.1 Å². The van der Waals surface area contributed by atoms with Crippen molar-refractivity contribution in [3.05, 3.63) is 84.7 Å². The fraction of sp³-hybridized carbons (Fsp3) is 0.0800. The molecule has 7 nitrogen and oxygen atoms in total. The molecule has 1 aliphatic heterocycles. The van der Waals surface area contributed by atoms with Crippen molar-refractivity contribution in [1.29, 1.82) is 0 Å². The van der Waals surface area contributed by atoms with Crippen LogP contribution in [0.25, 0.3) is 10.9 Å². The number of aromatic nitrogens is 4. The molecule has 6 rings (SSSR count). The van der Waals surface area contributed by atoms with Gasteiger partial charge in [0, 0.05) is 35.0 Å². The second kappa shape index (κ2) is 8.48. The van der Waals surface area contributed by atoms with Gasteiger partial charge in [0.2, 0.25) is 5.95 Å². The van der Waals surface area contributed by atoms with Crippen LogP contribution >= 0.6 is 11.8 Å². The van der Waals surface area contributed by atoms with Crippen LogP contribution in [-0.4, -0.2) is 25.9 Å². The molecule has 162 valence electrons. The number of aromatic amines is 1. The van der Waals surface area contributed by atoms with Gasteiger partial charge in [0.05, 0.1) is 22.3 Å². The minimum atomic E-state index is 0.556. The molecular formula is C25H20N6OS. The maximum atomic E-state index is 5.96. The Bertz CT molecular complexity index is 1440. The maximum Gasteiger partial charge on any atom is 0.229 e. The van der Waals surface area contributed by atoms with Gasteiger partial charge in [0.25, 0.3) is 0 Å². The lowest BCUT2D eigenvalue weighted by Crippen LogP contribution is -2.04. The fourth-order valence-electron chi connectivity index (χ4n) is 3.76. The van der Waals surface area contributed by atoms with Crippen molar-refractivity contribution in [2.45, 2.75) is 11.3 Å². The normalized spacial score (nSPS) is 12.5. The largest absolute Gasteiger partial charge is 0.457 e. The van der Waals surface area contributed by atoms with Gasteiger partial charge in [-0.05, 0) is 42.5 Å². The predicted molar refractivity (Wildman–Crippen MR) is 132 cm³/mol. The average molecular weight is 453 g/mol. The van der Waals surface area contributed by atoms with E-state index in [0.717, 1.165) is 62.4 Å². The first-order valence-corrected chi connectivity index (χ1v) is 11.6. The molecule has 3 aromatic carbocycles. The number of aryl methyl sites for hydroxylation is 1. The highest BCUT2D eigenvalue weighted by Gasteiger charge is 2.20. The lowest BCUT2D eigenvalue weighted by Gasteiger charge is -2.13. The molecule has 8 heteroatoms.